The molecule has 1 atom stereocenters. The smallest absolute Gasteiger partial charge is 0.241 e. The number of nitrogens with zero attached hydrogens (tertiary/aromatic N) is 1. The van der Waals surface area contributed by atoms with Crippen LogP contribution in [0.3, 0.4) is 0 Å². The Morgan fingerprint density at radius 1 is 1.19 bits per heavy atom. The zero-order valence-corrected chi connectivity index (χ0v) is 17.9. The second kappa shape index (κ2) is 8.80. The van der Waals surface area contributed by atoms with Crippen LogP contribution in [0, 0.1) is 13.8 Å². The quantitative estimate of drug-likeness (QED) is 0.713. The Bertz CT molecular complexity index is 927. The van der Waals surface area contributed by atoms with Gasteiger partial charge in [-0.2, -0.15) is 0 Å². The maximum absolute atomic E-state index is 12.6. The van der Waals surface area contributed by atoms with E-state index in [9.17, 15) is 13.2 Å². The summed E-state index contributed by atoms with van der Waals surface area (Å²) in [6.07, 6.45) is 3.03. The van der Waals surface area contributed by atoms with Gasteiger partial charge in [-0.1, -0.05) is 29.8 Å². The first-order chi connectivity index (χ1) is 12.6. The van der Waals surface area contributed by atoms with E-state index in [1.807, 2.05) is 51.3 Å². The molecule has 1 N–H and O–H groups in total. The van der Waals surface area contributed by atoms with Crippen LogP contribution in [0.4, 0.5) is 5.69 Å². The standard InChI is InChI=1S/C20H26N2O3S2/c1-14-9-10-15(2)19(11-14)16(3)21-20(23)13-22(27(5,24)25)17-7-6-8-18(12-17)26-4/h6-12,16H,13H2,1-5H3,(H,21,23)/t16-/m1/s1. The van der Waals surface area contributed by atoms with Crippen LogP contribution >= 0.6 is 11.8 Å². The van der Waals surface area contributed by atoms with Crippen LogP contribution in [0.25, 0.3) is 0 Å². The van der Waals surface area contributed by atoms with Crippen LogP contribution in [0.2, 0.25) is 0 Å². The topological polar surface area (TPSA) is 66.5 Å². The first kappa shape index (κ1) is 21.3. The van der Waals surface area contributed by atoms with Crippen molar-refractivity contribution in [2.24, 2.45) is 0 Å². The number of carbonyl (C=O) groups excluding carboxylic acids is 1. The molecule has 0 bridgehead atoms. The van der Waals surface area contributed by atoms with Gasteiger partial charge in [-0.25, -0.2) is 8.42 Å². The molecule has 7 heteroatoms. The molecule has 0 fully saturated rings. The maximum atomic E-state index is 12.6. The molecule has 0 spiro atoms. The third-order valence-corrected chi connectivity index (χ3v) is 6.17. The molecule has 0 aliphatic heterocycles. The minimum Gasteiger partial charge on any atom is -0.348 e. The van der Waals surface area contributed by atoms with Crippen molar-refractivity contribution in [1.29, 1.82) is 0 Å². The normalized spacial score (nSPS) is 12.5. The SMILES string of the molecule is CSc1cccc(N(CC(=O)N[C@H](C)c2cc(C)ccc2C)S(C)(=O)=O)c1. The first-order valence-electron chi connectivity index (χ1n) is 8.60. The number of hydrogen-bond acceptors (Lipinski definition) is 4. The van der Waals surface area contributed by atoms with Gasteiger partial charge in [-0.15, -0.1) is 11.8 Å². The average Bonchev–Trinajstić information content (AvgIpc) is 2.60. The van der Waals surface area contributed by atoms with Gasteiger partial charge in [-0.05, 0) is 56.4 Å². The molecule has 0 saturated heterocycles. The molecule has 2 aromatic carbocycles. The van der Waals surface area contributed by atoms with E-state index in [0.717, 1.165) is 32.1 Å². The number of anilines is 1. The number of nitrogens with one attached hydrogen (secondary N) is 1. The lowest BCUT2D eigenvalue weighted by Gasteiger charge is -2.24. The largest absolute Gasteiger partial charge is 0.348 e. The predicted octanol–water partition coefficient (Wildman–Crippen LogP) is 3.67. The number of rotatable bonds is 7. The number of benzene rings is 2. The highest BCUT2D eigenvalue weighted by Gasteiger charge is 2.22. The Balaban J connectivity index is 2.20. The van der Waals surface area contributed by atoms with E-state index in [-0.39, 0.29) is 18.5 Å². The van der Waals surface area contributed by atoms with Crippen molar-refractivity contribution in [3.05, 3.63) is 59.2 Å². The molecule has 2 aromatic rings. The third-order valence-electron chi connectivity index (χ3n) is 4.31. The highest BCUT2D eigenvalue weighted by atomic mass is 32.2. The summed E-state index contributed by atoms with van der Waals surface area (Å²) in [5.74, 6) is -0.344. The van der Waals surface area contributed by atoms with Crippen LogP contribution in [-0.2, 0) is 14.8 Å². The van der Waals surface area contributed by atoms with E-state index in [1.54, 1.807) is 18.2 Å². The fourth-order valence-corrected chi connectivity index (χ4v) is 4.19. The summed E-state index contributed by atoms with van der Waals surface area (Å²) in [4.78, 5) is 13.5. The summed E-state index contributed by atoms with van der Waals surface area (Å²) in [5.41, 5.74) is 3.71. The lowest BCUT2D eigenvalue weighted by molar-refractivity contribution is -0.120. The summed E-state index contributed by atoms with van der Waals surface area (Å²) in [7, 11) is -3.59. The second-order valence-corrected chi connectivity index (χ2v) is 9.41. The molecular weight excluding hydrogens is 380 g/mol. The van der Waals surface area contributed by atoms with Crippen molar-refractivity contribution in [3.8, 4) is 0 Å². The van der Waals surface area contributed by atoms with Crippen LogP contribution in [0.1, 0.15) is 29.7 Å². The van der Waals surface area contributed by atoms with Gasteiger partial charge in [0.2, 0.25) is 15.9 Å². The second-order valence-electron chi connectivity index (χ2n) is 6.62. The van der Waals surface area contributed by atoms with Gasteiger partial charge in [0.15, 0.2) is 0 Å². The fourth-order valence-electron chi connectivity index (χ4n) is 2.89. The van der Waals surface area contributed by atoms with E-state index >= 15 is 0 Å². The number of aryl methyl sites for hydroxylation is 2. The number of hydrogen-bond donors (Lipinski definition) is 1. The average molecular weight is 407 g/mol. The molecule has 0 aliphatic rings. The van der Waals surface area contributed by atoms with Crippen molar-refractivity contribution in [2.75, 3.05) is 23.4 Å². The van der Waals surface area contributed by atoms with E-state index < -0.39 is 10.0 Å². The zero-order valence-electron chi connectivity index (χ0n) is 16.3. The molecule has 0 unspecified atom stereocenters. The number of amides is 1. The molecule has 2 rings (SSSR count). The van der Waals surface area contributed by atoms with E-state index in [4.69, 9.17) is 0 Å². The first-order valence-corrected chi connectivity index (χ1v) is 11.7. The summed E-state index contributed by atoms with van der Waals surface area (Å²) < 4.78 is 25.7. The van der Waals surface area contributed by atoms with Gasteiger partial charge in [-0.3, -0.25) is 9.10 Å². The molecular formula is C20H26N2O3S2. The zero-order chi connectivity index (χ0) is 20.2. The van der Waals surface area contributed by atoms with Gasteiger partial charge in [0.1, 0.15) is 6.54 Å². The summed E-state index contributed by atoms with van der Waals surface area (Å²) in [5, 5.41) is 2.91. The van der Waals surface area contributed by atoms with Crippen molar-refractivity contribution in [2.45, 2.75) is 31.7 Å². The Morgan fingerprint density at radius 3 is 2.52 bits per heavy atom. The predicted molar refractivity (Wildman–Crippen MR) is 113 cm³/mol. The molecule has 0 radical (unpaired) electrons. The molecule has 0 aromatic heterocycles. The lowest BCUT2D eigenvalue weighted by atomic mass is 10.00. The van der Waals surface area contributed by atoms with E-state index in [2.05, 4.69) is 5.32 Å². The fraction of sp³-hybridized carbons (Fsp3) is 0.350. The van der Waals surface area contributed by atoms with Gasteiger partial charge in [0, 0.05) is 4.90 Å². The highest BCUT2D eigenvalue weighted by Crippen LogP contribution is 2.24. The monoisotopic (exact) mass is 406 g/mol. The molecule has 5 nitrogen and oxygen atoms in total. The van der Waals surface area contributed by atoms with Gasteiger partial charge >= 0.3 is 0 Å². The minimum absolute atomic E-state index is 0.212. The summed E-state index contributed by atoms with van der Waals surface area (Å²) >= 11 is 1.52. The van der Waals surface area contributed by atoms with Crippen LogP contribution < -0.4 is 9.62 Å². The molecule has 0 aliphatic carbocycles. The number of carbonyl (C=O) groups is 1. The Labute approximate surface area is 166 Å². The minimum atomic E-state index is -3.59. The molecule has 146 valence electrons. The van der Waals surface area contributed by atoms with Crippen LogP contribution in [0.15, 0.2) is 47.4 Å². The molecule has 0 saturated carbocycles. The van der Waals surface area contributed by atoms with Crippen LogP contribution in [0.5, 0.6) is 0 Å². The van der Waals surface area contributed by atoms with Crippen molar-refractivity contribution >= 4 is 33.4 Å². The van der Waals surface area contributed by atoms with Crippen LogP contribution in [-0.4, -0.2) is 33.4 Å². The van der Waals surface area contributed by atoms with Gasteiger partial charge in [0.05, 0.1) is 18.0 Å². The number of thioether (sulfide) groups is 1. The summed E-state index contributed by atoms with van der Waals surface area (Å²) in [6, 6.07) is 13.0. The Morgan fingerprint density at radius 2 is 1.89 bits per heavy atom. The Kier molecular flexibility index (Phi) is 6.95. The molecule has 1 amide bonds. The van der Waals surface area contributed by atoms with Gasteiger partial charge < -0.3 is 5.32 Å². The van der Waals surface area contributed by atoms with Crippen molar-refractivity contribution in [3.63, 3.8) is 0 Å². The van der Waals surface area contributed by atoms with Crippen molar-refractivity contribution in [1.82, 2.24) is 5.32 Å². The Hall–Kier alpha value is -1.99. The third kappa shape index (κ3) is 5.74. The molecule has 27 heavy (non-hydrogen) atoms. The lowest BCUT2D eigenvalue weighted by Crippen LogP contribution is -2.41. The highest BCUT2D eigenvalue weighted by molar-refractivity contribution is 7.98. The maximum Gasteiger partial charge on any atom is 0.241 e. The number of sulfonamides is 1. The van der Waals surface area contributed by atoms with E-state index in [0.29, 0.717) is 5.69 Å². The van der Waals surface area contributed by atoms with Gasteiger partial charge in [0.25, 0.3) is 0 Å². The van der Waals surface area contributed by atoms with E-state index in [1.165, 1.54) is 11.8 Å². The summed E-state index contributed by atoms with van der Waals surface area (Å²) in [6.45, 7) is 5.64. The molecule has 0 heterocycles. The van der Waals surface area contributed by atoms with Crippen molar-refractivity contribution < 1.29 is 13.2 Å².